The molecule has 0 saturated heterocycles. The fourth-order valence-corrected chi connectivity index (χ4v) is 2.09. The maximum absolute atomic E-state index is 11.8. The molecule has 0 spiro atoms. The first-order valence-corrected chi connectivity index (χ1v) is 5.42. The molecule has 1 saturated carbocycles. The zero-order chi connectivity index (χ0) is 12.0. The summed E-state index contributed by atoms with van der Waals surface area (Å²) in [6, 6.07) is 8.40. The van der Waals surface area contributed by atoms with E-state index in [1.807, 2.05) is 0 Å². The summed E-state index contributed by atoms with van der Waals surface area (Å²) in [6.07, 6.45) is 0.552. The summed E-state index contributed by atoms with van der Waals surface area (Å²) in [6.45, 7) is 0. The number of hydrogen-bond acceptors (Lipinski definition) is 3. The molecule has 86 valence electrons. The Bertz CT molecular complexity index is 656. The third-order valence-corrected chi connectivity index (χ3v) is 3.13. The molecule has 1 aliphatic rings. The van der Waals surface area contributed by atoms with Crippen LogP contribution in [0.1, 0.15) is 18.1 Å². The molecule has 0 radical (unpaired) electrons. The van der Waals surface area contributed by atoms with Crippen LogP contribution in [-0.2, 0) is 4.79 Å². The van der Waals surface area contributed by atoms with E-state index >= 15 is 0 Å². The third kappa shape index (κ3) is 1.62. The minimum absolute atomic E-state index is 0.113. The molecule has 1 N–H and O–H groups in total. The Morgan fingerprint density at radius 2 is 2.12 bits per heavy atom. The lowest BCUT2D eigenvalue weighted by Crippen LogP contribution is -2.03. The highest BCUT2D eigenvalue weighted by atomic mass is 16.4. The average molecular weight is 230 g/mol. The lowest BCUT2D eigenvalue weighted by atomic mass is 10.2. The number of rotatable bonds is 2. The van der Waals surface area contributed by atoms with E-state index < -0.39 is 11.9 Å². The van der Waals surface area contributed by atoms with Gasteiger partial charge in [0.05, 0.1) is 11.3 Å². The molecule has 1 aliphatic carbocycles. The van der Waals surface area contributed by atoms with Gasteiger partial charge in [-0.15, -0.1) is 0 Å². The van der Waals surface area contributed by atoms with E-state index in [4.69, 9.17) is 9.52 Å². The van der Waals surface area contributed by atoms with Gasteiger partial charge in [0.2, 0.25) is 0 Å². The predicted molar refractivity (Wildman–Crippen MR) is 61.0 cm³/mol. The number of carboxylic acid groups (broad SMARTS) is 1. The maximum Gasteiger partial charge on any atom is 0.307 e. The van der Waals surface area contributed by atoms with E-state index in [0.29, 0.717) is 23.2 Å². The van der Waals surface area contributed by atoms with Gasteiger partial charge in [-0.25, -0.2) is 0 Å². The van der Waals surface area contributed by atoms with Crippen molar-refractivity contribution in [2.24, 2.45) is 5.92 Å². The first kappa shape index (κ1) is 10.1. The molecular formula is C13H10O4. The summed E-state index contributed by atoms with van der Waals surface area (Å²) in [7, 11) is 0. The quantitative estimate of drug-likeness (QED) is 0.856. The van der Waals surface area contributed by atoms with Gasteiger partial charge in [-0.3, -0.25) is 9.59 Å². The van der Waals surface area contributed by atoms with Crippen LogP contribution in [0.4, 0.5) is 0 Å². The summed E-state index contributed by atoms with van der Waals surface area (Å²) < 4.78 is 5.58. The van der Waals surface area contributed by atoms with Gasteiger partial charge in [0.15, 0.2) is 5.43 Å². The van der Waals surface area contributed by atoms with Crippen molar-refractivity contribution in [1.82, 2.24) is 0 Å². The standard InChI is InChI=1S/C13H10O4/c14-10-6-12(8-5-9(8)13(15)16)17-11-4-2-1-3-7(10)11/h1-4,6,8-9H,5H2,(H,15,16). The number of fused-ring (bicyclic) bond motifs is 1. The van der Waals surface area contributed by atoms with Crippen molar-refractivity contribution < 1.29 is 14.3 Å². The van der Waals surface area contributed by atoms with Crippen LogP contribution in [0, 0.1) is 5.92 Å². The molecule has 4 heteroatoms. The van der Waals surface area contributed by atoms with E-state index in [9.17, 15) is 9.59 Å². The van der Waals surface area contributed by atoms with Crippen LogP contribution >= 0.6 is 0 Å². The van der Waals surface area contributed by atoms with Crippen molar-refractivity contribution in [2.45, 2.75) is 12.3 Å². The van der Waals surface area contributed by atoms with Gasteiger partial charge in [-0.2, -0.15) is 0 Å². The first-order chi connectivity index (χ1) is 8.16. The van der Waals surface area contributed by atoms with Gasteiger partial charge in [0.1, 0.15) is 11.3 Å². The van der Waals surface area contributed by atoms with Crippen molar-refractivity contribution >= 4 is 16.9 Å². The van der Waals surface area contributed by atoms with Gasteiger partial charge >= 0.3 is 5.97 Å². The van der Waals surface area contributed by atoms with Crippen LogP contribution in [0.3, 0.4) is 0 Å². The fourth-order valence-electron chi connectivity index (χ4n) is 2.09. The lowest BCUT2D eigenvalue weighted by Gasteiger charge is -2.00. The van der Waals surface area contributed by atoms with Gasteiger partial charge in [-0.1, -0.05) is 12.1 Å². The van der Waals surface area contributed by atoms with Crippen LogP contribution in [0.5, 0.6) is 0 Å². The molecular weight excluding hydrogens is 220 g/mol. The molecule has 2 unspecified atom stereocenters. The number of carboxylic acids is 1. The molecule has 0 bridgehead atoms. The summed E-state index contributed by atoms with van der Waals surface area (Å²) in [5.74, 6) is -0.893. The highest BCUT2D eigenvalue weighted by Crippen LogP contribution is 2.47. The second kappa shape index (κ2) is 3.45. The Morgan fingerprint density at radius 3 is 2.82 bits per heavy atom. The molecule has 3 rings (SSSR count). The van der Waals surface area contributed by atoms with E-state index in [-0.39, 0.29) is 11.3 Å². The molecule has 2 atom stereocenters. The predicted octanol–water partition coefficient (Wildman–Crippen LogP) is 1.98. The number of para-hydroxylation sites is 1. The largest absolute Gasteiger partial charge is 0.481 e. The summed E-state index contributed by atoms with van der Waals surface area (Å²) in [5.41, 5.74) is 0.406. The Balaban J connectivity index is 2.08. The van der Waals surface area contributed by atoms with Crippen LogP contribution in [0.15, 0.2) is 39.5 Å². The van der Waals surface area contributed by atoms with E-state index in [1.54, 1.807) is 24.3 Å². The number of hydrogen-bond donors (Lipinski definition) is 1. The molecule has 1 heterocycles. The average Bonchev–Trinajstić information content (AvgIpc) is 3.09. The topological polar surface area (TPSA) is 67.5 Å². The SMILES string of the molecule is O=C(O)C1CC1c1cc(=O)c2ccccc2o1. The van der Waals surface area contributed by atoms with Crippen molar-refractivity contribution in [3.05, 3.63) is 46.3 Å². The second-order valence-corrected chi connectivity index (χ2v) is 4.30. The second-order valence-electron chi connectivity index (χ2n) is 4.30. The van der Waals surface area contributed by atoms with E-state index in [0.717, 1.165) is 0 Å². The van der Waals surface area contributed by atoms with Crippen LogP contribution < -0.4 is 5.43 Å². The van der Waals surface area contributed by atoms with Gasteiger partial charge in [0, 0.05) is 12.0 Å². The lowest BCUT2D eigenvalue weighted by molar-refractivity contribution is -0.138. The minimum Gasteiger partial charge on any atom is -0.481 e. The molecule has 4 nitrogen and oxygen atoms in total. The Hall–Kier alpha value is -2.10. The molecule has 1 fully saturated rings. The molecule has 0 amide bonds. The van der Waals surface area contributed by atoms with Crippen molar-refractivity contribution in [1.29, 1.82) is 0 Å². The Morgan fingerprint density at radius 1 is 1.35 bits per heavy atom. The van der Waals surface area contributed by atoms with Crippen molar-refractivity contribution in [3.63, 3.8) is 0 Å². The summed E-state index contributed by atoms with van der Waals surface area (Å²) in [5, 5.41) is 9.38. The monoisotopic (exact) mass is 230 g/mol. The van der Waals surface area contributed by atoms with Gasteiger partial charge in [0.25, 0.3) is 0 Å². The van der Waals surface area contributed by atoms with Crippen LogP contribution in [0.2, 0.25) is 0 Å². The number of benzene rings is 1. The zero-order valence-corrected chi connectivity index (χ0v) is 8.92. The molecule has 1 aromatic heterocycles. The summed E-state index contributed by atoms with van der Waals surface area (Å²) >= 11 is 0. The van der Waals surface area contributed by atoms with Crippen molar-refractivity contribution in [3.8, 4) is 0 Å². The third-order valence-electron chi connectivity index (χ3n) is 3.13. The Labute approximate surface area is 96.5 Å². The molecule has 2 aromatic rings. The molecule has 17 heavy (non-hydrogen) atoms. The molecule has 1 aromatic carbocycles. The normalized spacial score (nSPS) is 22.6. The van der Waals surface area contributed by atoms with Crippen LogP contribution in [0.25, 0.3) is 11.0 Å². The van der Waals surface area contributed by atoms with Crippen LogP contribution in [-0.4, -0.2) is 11.1 Å². The fraction of sp³-hybridized carbons (Fsp3) is 0.231. The first-order valence-electron chi connectivity index (χ1n) is 5.42. The zero-order valence-electron chi connectivity index (χ0n) is 8.92. The van der Waals surface area contributed by atoms with E-state index in [1.165, 1.54) is 6.07 Å². The minimum atomic E-state index is -0.828. The Kier molecular flexibility index (Phi) is 2.04. The molecule has 0 aliphatic heterocycles. The van der Waals surface area contributed by atoms with E-state index in [2.05, 4.69) is 0 Å². The number of carbonyl (C=O) groups is 1. The van der Waals surface area contributed by atoms with Gasteiger partial charge in [-0.05, 0) is 18.6 Å². The highest BCUT2D eigenvalue weighted by Gasteiger charge is 2.46. The smallest absolute Gasteiger partial charge is 0.307 e. The van der Waals surface area contributed by atoms with Crippen molar-refractivity contribution in [2.75, 3.05) is 0 Å². The highest BCUT2D eigenvalue weighted by molar-refractivity contribution is 5.77. The summed E-state index contributed by atoms with van der Waals surface area (Å²) in [4.78, 5) is 22.6. The number of aliphatic carboxylic acids is 1. The van der Waals surface area contributed by atoms with Gasteiger partial charge < -0.3 is 9.52 Å². The maximum atomic E-state index is 11.8.